The molecule has 2 heterocycles. The first-order chi connectivity index (χ1) is 16.4. The number of rotatable bonds is 7. The number of anilines is 1. The van der Waals surface area contributed by atoms with Gasteiger partial charge in [0, 0.05) is 24.6 Å². The maximum absolute atomic E-state index is 12.7. The van der Waals surface area contributed by atoms with Crippen molar-refractivity contribution in [1.82, 2.24) is 15.3 Å². The first-order valence-corrected chi connectivity index (χ1v) is 11.4. The second-order valence-corrected chi connectivity index (χ2v) is 8.50. The molecule has 0 spiro atoms. The molecular weight excluding hydrogens is 434 g/mol. The van der Waals surface area contributed by atoms with Crippen LogP contribution in [0.1, 0.15) is 25.7 Å². The number of benzene rings is 2. The SMILES string of the molecule is NC(=O)C(CC(=O)N(O)[C@H]1CCCCNC1=O)N1C=CN(c2ccc(-c3ccccc3)cc2)C1. The normalized spacial score (nSPS) is 18.9. The molecule has 0 aromatic heterocycles. The predicted octanol–water partition coefficient (Wildman–Crippen LogP) is 2.03. The maximum Gasteiger partial charge on any atom is 0.249 e. The summed E-state index contributed by atoms with van der Waals surface area (Å²) in [6.07, 6.45) is 5.04. The number of nitrogens with two attached hydrogens (primary N) is 1. The van der Waals surface area contributed by atoms with Crippen molar-refractivity contribution in [1.29, 1.82) is 0 Å². The minimum absolute atomic E-state index is 0.320. The summed E-state index contributed by atoms with van der Waals surface area (Å²) in [5, 5.41) is 13.5. The number of carbonyl (C=O) groups is 3. The Kier molecular flexibility index (Phi) is 7.12. The summed E-state index contributed by atoms with van der Waals surface area (Å²) < 4.78 is 0. The van der Waals surface area contributed by atoms with Crippen LogP contribution in [0.5, 0.6) is 0 Å². The van der Waals surface area contributed by atoms with Crippen LogP contribution in [0.25, 0.3) is 11.1 Å². The average Bonchev–Trinajstić information content (AvgIpc) is 3.24. The summed E-state index contributed by atoms with van der Waals surface area (Å²) in [6.45, 7) is 0.836. The van der Waals surface area contributed by atoms with Crippen molar-refractivity contribution in [3.05, 3.63) is 67.0 Å². The van der Waals surface area contributed by atoms with E-state index < -0.39 is 29.8 Å². The number of hydrogen-bond donors (Lipinski definition) is 3. The molecule has 0 bridgehead atoms. The quantitative estimate of drug-likeness (QED) is 0.427. The molecule has 178 valence electrons. The van der Waals surface area contributed by atoms with Crippen LogP contribution >= 0.6 is 0 Å². The van der Waals surface area contributed by atoms with Crippen LogP contribution in [0, 0.1) is 0 Å². The van der Waals surface area contributed by atoms with Crippen LogP contribution < -0.4 is 16.0 Å². The topological polar surface area (TPSA) is 119 Å². The minimum atomic E-state index is -0.961. The molecule has 2 aliphatic heterocycles. The van der Waals surface area contributed by atoms with E-state index in [1.807, 2.05) is 65.7 Å². The van der Waals surface area contributed by atoms with Crippen LogP contribution in [0.3, 0.4) is 0 Å². The van der Waals surface area contributed by atoms with Crippen molar-refractivity contribution in [2.45, 2.75) is 37.8 Å². The molecule has 34 heavy (non-hydrogen) atoms. The lowest BCUT2D eigenvalue weighted by Crippen LogP contribution is -2.50. The van der Waals surface area contributed by atoms with Crippen LogP contribution in [-0.2, 0) is 14.4 Å². The van der Waals surface area contributed by atoms with E-state index in [-0.39, 0.29) is 6.42 Å². The van der Waals surface area contributed by atoms with Gasteiger partial charge in [-0.3, -0.25) is 19.6 Å². The lowest BCUT2D eigenvalue weighted by Gasteiger charge is -2.29. The van der Waals surface area contributed by atoms with Crippen molar-refractivity contribution < 1.29 is 19.6 Å². The molecule has 1 fully saturated rings. The Bertz CT molecular complexity index is 1060. The van der Waals surface area contributed by atoms with Crippen molar-refractivity contribution in [2.24, 2.45) is 5.73 Å². The van der Waals surface area contributed by atoms with Crippen LogP contribution in [-0.4, -0.2) is 58.2 Å². The molecule has 2 atom stereocenters. The number of nitrogens with one attached hydrogen (secondary N) is 1. The van der Waals surface area contributed by atoms with E-state index in [1.54, 1.807) is 11.1 Å². The highest BCUT2D eigenvalue weighted by Gasteiger charge is 2.34. The fourth-order valence-corrected chi connectivity index (χ4v) is 4.25. The first-order valence-electron chi connectivity index (χ1n) is 11.4. The zero-order valence-electron chi connectivity index (χ0n) is 18.8. The Labute approximate surface area is 198 Å². The molecule has 9 nitrogen and oxygen atoms in total. The summed E-state index contributed by atoms with van der Waals surface area (Å²) in [7, 11) is 0. The summed E-state index contributed by atoms with van der Waals surface area (Å²) >= 11 is 0. The maximum atomic E-state index is 12.7. The third kappa shape index (κ3) is 5.20. The molecule has 0 saturated carbocycles. The second-order valence-electron chi connectivity index (χ2n) is 8.50. The van der Waals surface area contributed by atoms with Gasteiger partial charge >= 0.3 is 0 Å². The molecule has 9 heteroatoms. The third-order valence-electron chi connectivity index (χ3n) is 6.21. The fourth-order valence-electron chi connectivity index (χ4n) is 4.25. The molecule has 2 aliphatic rings. The highest BCUT2D eigenvalue weighted by Crippen LogP contribution is 2.26. The van der Waals surface area contributed by atoms with Crippen molar-refractivity contribution in [3.63, 3.8) is 0 Å². The van der Waals surface area contributed by atoms with Gasteiger partial charge in [0.2, 0.25) is 17.7 Å². The Balaban J connectivity index is 1.40. The number of hydrogen-bond acceptors (Lipinski definition) is 6. The first kappa shape index (κ1) is 23.3. The summed E-state index contributed by atoms with van der Waals surface area (Å²) in [5.74, 6) is -1.79. The van der Waals surface area contributed by atoms with E-state index in [9.17, 15) is 19.6 Å². The summed E-state index contributed by atoms with van der Waals surface area (Å²) in [6, 6.07) is 16.2. The van der Waals surface area contributed by atoms with E-state index >= 15 is 0 Å². The lowest BCUT2D eigenvalue weighted by molar-refractivity contribution is -0.181. The van der Waals surface area contributed by atoms with Gasteiger partial charge in [0.15, 0.2) is 0 Å². The van der Waals surface area contributed by atoms with Crippen molar-refractivity contribution in [2.75, 3.05) is 18.1 Å². The van der Waals surface area contributed by atoms with Crippen molar-refractivity contribution in [3.8, 4) is 11.1 Å². The van der Waals surface area contributed by atoms with E-state index in [2.05, 4.69) is 5.32 Å². The Morgan fingerprint density at radius 1 is 1.06 bits per heavy atom. The van der Waals surface area contributed by atoms with E-state index in [1.165, 1.54) is 0 Å². The van der Waals surface area contributed by atoms with E-state index in [0.29, 0.717) is 31.1 Å². The van der Waals surface area contributed by atoms with Gasteiger partial charge in [-0.15, -0.1) is 0 Å². The highest BCUT2D eigenvalue weighted by molar-refractivity contribution is 5.90. The second kappa shape index (κ2) is 10.4. The summed E-state index contributed by atoms with van der Waals surface area (Å²) in [4.78, 5) is 40.7. The molecule has 0 aliphatic carbocycles. The monoisotopic (exact) mass is 463 g/mol. The number of carbonyl (C=O) groups excluding carboxylic acids is 3. The van der Waals surface area contributed by atoms with E-state index in [0.717, 1.165) is 23.2 Å². The minimum Gasteiger partial charge on any atom is -0.368 e. The molecule has 0 radical (unpaired) electrons. The molecule has 1 unspecified atom stereocenters. The van der Waals surface area contributed by atoms with Gasteiger partial charge in [0.05, 0.1) is 13.1 Å². The van der Waals surface area contributed by atoms with Gasteiger partial charge in [-0.2, -0.15) is 0 Å². The summed E-state index contributed by atoms with van der Waals surface area (Å²) in [5.41, 5.74) is 8.74. The van der Waals surface area contributed by atoms with Gasteiger partial charge in [-0.05, 0) is 42.5 Å². The zero-order chi connectivity index (χ0) is 24.1. The highest BCUT2D eigenvalue weighted by atomic mass is 16.5. The molecule has 1 saturated heterocycles. The molecular formula is C25H29N5O4. The van der Waals surface area contributed by atoms with Crippen molar-refractivity contribution >= 4 is 23.4 Å². The Morgan fingerprint density at radius 3 is 2.47 bits per heavy atom. The lowest BCUT2D eigenvalue weighted by atomic mass is 10.1. The van der Waals surface area contributed by atoms with Gasteiger partial charge < -0.3 is 20.9 Å². The molecule has 2 aromatic carbocycles. The Morgan fingerprint density at radius 2 is 1.76 bits per heavy atom. The standard InChI is InChI=1S/C25H29N5O4/c26-24(32)22(16-23(31)30(34)21-8-4-5-13-27-25(21)33)29-15-14-28(17-29)20-11-9-19(10-12-20)18-6-2-1-3-7-18/h1-3,6-7,9-12,14-15,21-22,34H,4-5,8,13,16-17H2,(H2,26,32)(H,27,33)/t21-,22?/m0/s1. The molecule has 2 aromatic rings. The number of nitrogens with zero attached hydrogens (tertiary/aromatic N) is 3. The molecule has 4 N–H and O–H groups in total. The average molecular weight is 464 g/mol. The smallest absolute Gasteiger partial charge is 0.249 e. The third-order valence-corrected chi connectivity index (χ3v) is 6.21. The predicted molar refractivity (Wildman–Crippen MR) is 127 cm³/mol. The number of hydroxylamine groups is 2. The fraction of sp³-hybridized carbons (Fsp3) is 0.320. The van der Waals surface area contributed by atoms with Crippen LogP contribution in [0.4, 0.5) is 5.69 Å². The van der Waals surface area contributed by atoms with Gasteiger partial charge in [-0.1, -0.05) is 42.5 Å². The van der Waals surface area contributed by atoms with E-state index in [4.69, 9.17) is 5.73 Å². The van der Waals surface area contributed by atoms with Gasteiger partial charge in [0.25, 0.3) is 0 Å². The molecule has 4 rings (SSSR count). The van der Waals surface area contributed by atoms with Crippen LogP contribution in [0.2, 0.25) is 0 Å². The zero-order valence-corrected chi connectivity index (χ0v) is 18.8. The largest absolute Gasteiger partial charge is 0.368 e. The Hall–Kier alpha value is -3.85. The van der Waals surface area contributed by atoms with Gasteiger partial charge in [-0.25, -0.2) is 5.06 Å². The number of amides is 3. The van der Waals surface area contributed by atoms with Crippen LogP contribution in [0.15, 0.2) is 67.0 Å². The number of primary amides is 1. The van der Waals surface area contributed by atoms with Gasteiger partial charge in [0.1, 0.15) is 12.1 Å². The molecule has 3 amide bonds.